The molecular weight excluding hydrogens is 356 g/mol. The van der Waals surface area contributed by atoms with Crippen LogP contribution in [0.25, 0.3) is 0 Å². The van der Waals surface area contributed by atoms with Crippen molar-refractivity contribution in [2.75, 3.05) is 18.5 Å². The van der Waals surface area contributed by atoms with Crippen molar-refractivity contribution in [3.8, 4) is 6.07 Å². The Hall–Kier alpha value is -2.48. The van der Waals surface area contributed by atoms with Crippen LogP contribution in [0.3, 0.4) is 0 Å². The smallest absolute Gasteiger partial charge is 0.382 e. The summed E-state index contributed by atoms with van der Waals surface area (Å²) in [6.45, 7) is -0.527. The van der Waals surface area contributed by atoms with Crippen molar-refractivity contribution in [2.24, 2.45) is 0 Å². The van der Waals surface area contributed by atoms with Gasteiger partial charge in [-0.25, -0.2) is 4.79 Å². The third-order valence-corrected chi connectivity index (χ3v) is 3.73. The summed E-state index contributed by atoms with van der Waals surface area (Å²) >= 11 is 0. The summed E-state index contributed by atoms with van der Waals surface area (Å²) in [6, 6.07) is 0.646. The molecule has 136 valence electrons. The number of aliphatic hydroxyl groups is 1. The summed E-state index contributed by atoms with van der Waals surface area (Å²) in [7, 11) is 1.16. The molecule has 11 heteroatoms. The largest absolute Gasteiger partial charge is 0.417 e. The number of anilines is 1. The third kappa shape index (κ3) is 3.48. The van der Waals surface area contributed by atoms with Gasteiger partial charge in [0, 0.05) is 19.3 Å². The predicted molar refractivity (Wildman–Crippen MR) is 72.5 cm³/mol. The molecular formula is C14H11F6N3O2. The lowest BCUT2D eigenvalue weighted by atomic mass is 10.0. The average molecular weight is 367 g/mol. The van der Waals surface area contributed by atoms with E-state index in [1.807, 2.05) is 0 Å². The van der Waals surface area contributed by atoms with E-state index in [4.69, 9.17) is 5.26 Å². The van der Waals surface area contributed by atoms with Crippen LogP contribution < -0.4 is 4.90 Å². The van der Waals surface area contributed by atoms with Crippen LogP contribution in [0.2, 0.25) is 0 Å². The minimum Gasteiger partial charge on any atom is -0.382 e. The van der Waals surface area contributed by atoms with Gasteiger partial charge in [-0.3, -0.25) is 4.90 Å². The molecule has 2 rings (SSSR count). The van der Waals surface area contributed by atoms with Gasteiger partial charge < -0.3 is 10.0 Å². The summed E-state index contributed by atoms with van der Waals surface area (Å²) < 4.78 is 77.5. The summed E-state index contributed by atoms with van der Waals surface area (Å²) in [6.07, 6.45) is -12.9. The van der Waals surface area contributed by atoms with E-state index in [2.05, 4.69) is 0 Å². The molecule has 1 N–H and O–H groups in total. The van der Waals surface area contributed by atoms with Gasteiger partial charge in [-0.2, -0.15) is 31.6 Å². The number of likely N-dealkylation sites (N-methyl/N-ethyl adjacent to an activating group) is 1. The molecule has 0 aliphatic carbocycles. The van der Waals surface area contributed by atoms with E-state index >= 15 is 0 Å². The number of nitrogens with zero attached hydrogens (tertiary/aromatic N) is 3. The van der Waals surface area contributed by atoms with Gasteiger partial charge in [0.25, 0.3) is 0 Å². The molecule has 2 amide bonds. The zero-order chi connectivity index (χ0) is 19.2. The van der Waals surface area contributed by atoms with Gasteiger partial charge in [0.2, 0.25) is 0 Å². The zero-order valence-electron chi connectivity index (χ0n) is 12.6. The van der Waals surface area contributed by atoms with Crippen molar-refractivity contribution in [3.63, 3.8) is 0 Å². The summed E-state index contributed by atoms with van der Waals surface area (Å²) in [5, 5.41) is 18.2. The number of hydrogen-bond donors (Lipinski definition) is 1. The number of halogens is 6. The Labute approximate surface area is 137 Å². The third-order valence-electron chi connectivity index (χ3n) is 3.73. The number of urea groups is 1. The minimum atomic E-state index is -5.06. The SMILES string of the molecule is CN1CC([C@@H](O)C(F)(F)F)N(c2ccc(C#N)c(C(F)(F)F)c2)C1=O. The van der Waals surface area contributed by atoms with Crippen LogP contribution in [0.4, 0.5) is 36.8 Å². The highest BCUT2D eigenvalue weighted by molar-refractivity contribution is 5.95. The first kappa shape index (κ1) is 18.9. The minimum absolute atomic E-state index is 0.422. The van der Waals surface area contributed by atoms with Crippen LogP contribution >= 0.6 is 0 Å². The van der Waals surface area contributed by atoms with Crippen LogP contribution in [0.5, 0.6) is 0 Å². The van der Waals surface area contributed by atoms with E-state index < -0.39 is 53.9 Å². The molecule has 5 nitrogen and oxygen atoms in total. The average Bonchev–Trinajstić information content (AvgIpc) is 2.79. The Kier molecular flexibility index (Phi) is 4.61. The molecule has 2 atom stereocenters. The van der Waals surface area contributed by atoms with Crippen LogP contribution in [0, 0.1) is 11.3 Å². The van der Waals surface area contributed by atoms with Gasteiger partial charge in [0.05, 0.1) is 23.2 Å². The van der Waals surface area contributed by atoms with Gasteiger partial charge >= 0.3 is 18.4 Å². The molecule has 1 heterocycles. The van der Waals surface area contributed by atoms with E-state index in [9.17, 15) is 36.2 Å². The number of rotatable bonds is 2. The van der Waals surface area contributed by atoms with Gasteiger partial charge in [0.1, 0.15) is 0 Å². The molecule has 1 fully saturated rings. The summed E-state index contributed by atoms with van der Waals surface area (Å²) in [5.41, 5.74) is -2.60. The topological polar surface area (TPSA) is 67.6 Å². The van der Waals surface area contributed by atoms with Gasteiger partial charge in [0.15, 0.2) is 6.10 Å². The second-order valence-corrected chi connectivity index (χ2v) is 5.43. The van der Waals surface area contributed by atoms with Crippen molar-refractivity contribution in [1.82, 2.24) is 4.90 Å². The first-order valence-corrected chi connectivity index (χ1v) is 6.78. The Morgan fingerprint density at radius 2 is 1.88 bits per heavy atom. The molecule has 1 saturated heterocycles. The van der Waals surface area contributed by atoms with Crippen LogP contribution in [-0.2, 0) is 6.18 Å². The Balaban J connectivity index is 2.54. The quantitative estimate of drug-likeness (QED) is 0.818. The van der Waals surface area contributed by atoms with Gasteiger partial charge in [-0.1, -0.05) is 0 Å². The van der Waals surface area contributed by atoms with E-state index in [0.717, 1.165) is 24.1 Å². The molecule has 1 aromatic rings. The highest BCUT2D eigenvalue weighted by Gasteiger charge is 2.51. The lowest BCUT2D eigenvalue weighted by molar-refractivity contribution is -0.208. The first-order chi connectivity index (χ1) is 11.4. The Morgan fingerprint density at radius 3 is 2.36 bits per heavy atom. The number of alkyl halides is 6. The normalized spacial score (nSPS) is 20.0. The molecule has 25 heavy (non-hydrogen) atoms. The highest BCUT2D eigenvalue weighted by atomic mass is 19.4. The van der Waals surface area contributed by atoms with Gasteiger partial charge in [-0.15, -0.1) is 0 Å². The second kappa shape index (κ2) is 6.11. The first-order valence-electron chi connectivity index (χ1n) is 6.78. The predicted octanol–water partition coefficient (Wildman–Crippen LogP) is 2.74. The maximum atomic E-state index is 13.0. The van der Waals surface area contributed by atoms with Crippen LogP contribution in [-0.4, -0.2) is 48.0 Å². The highest BCUT2D eigenvalue weighted by Crippen LogP contribution is 2.37. The lowest BCUT2D eigenvalue weighted by Crippen LogP contribution is -2.49. The van der Waals surface area contributed by atoms with Gasteiger partial charge in [-0.05, 0) is 18.2 Å². The van der Waals surface area contributed by atoms with Crippen molar-refractivity contribution in [1.29, 1.82) is 5.26 Å². The van der Waals surface area contributed by atoms with E-state index in [1.54, 1.807) is 0 Å². The maximum absolute atomic E-state index is 13.0. The van der Waals surface area contributed by atoms with E-state index in [-0.39, 0.29) is 0 Å². The Bertz CT molecular complexity index is 725. The van der Waals surface area contributed by atoms with Crippen molar-refractivity contribution in [3.05, 3.63) is 29.3 Å². The lowest BCUT2D eigenvalue weighted by Gasteiger charge is -2.28. The fourth-order valence-electron chi connectivity index (χ4n) is 2.54. The zero-order valence-corrected chi connectivity index (χ0v) is 12.6. The standard InChI is InChI=1S/C14H11F6N3O2/c1-22-6-10(11(24)14(18,19)20)23(12(22)25)8-3-2-7(5-21)9(4-8)13(15,16)17/h2-4,10-11,24H,6H2,1H3/t10?,11-/m1/s1. The summed E-state index contributed by atoms with van der Waals surface area (Å²) in [4.78, 5) is 13.4. The maximum Gasteiger partial charge on any atom is 0.417 e. The second-order valence-electron chi connectivity index (χ2n) is 5.43. The number of amides is 2. The number of aliphatic hydroxyl groups excluding tert-OH is 1. The van der Waals surface area contributed by atoms with E-state index in [1.165, 1.54) is 6.07 Å². The van der Waals surface area contributed by atoms with Crippen molar-refractivity contribution < 1.29 is 36.2 Å². The van der Waals surface area contributed by atoms with Crippen LogP contribution in [0.1, 0.15) is 11.1 Å². The summed E-state index contributed by atoms with van der Waals surface area (Å²) in [5.74, 6) is 0. The Morgan fingerprint density at radius 1 is 1.28 bits per heavy atom. The molecule has 1 aromatic carbocycles. The number of carbonyl (C=O) groups excluding carboxylic acids is 1. The molecule has 0 radical (unpaired) electrons. The van der Waals surface area contributed by atoms with Crippen LogP contribution in [0.15, 0.2) is 18.2 Å². The number of nitriles is 1. The molecule has 0 aromatic heterocycles. The molecule has 0 bridgehead atoms. The molecule has 1 aliphatic heterocycles. The number of carbonyl (C=O) groups is 1. The molecule has 1 aliphatic rings. The van der Waals surface area contributed by atoms with Crippen molar-refractivity contribution >= 4 is 11.7 Å². The fraction of sp³-hybridized carbons (Fsp3) is 0.429. The number of benzene rings is 1. The molecule has 0 spiro atoms. The molecule has 0 saturated carbocycles. The monoisotopic (exact) mass is 367 g/mol. The van der Waals surface area contributed by atoms with E-state index in [0.29, 0.717) is 11.0 Å². The number of hydrogen-bond acceptors (Lipinski definition) is 3. The van der Waals surface area contributed by atoms with Crippen molar-refractivity contribution in [2.45, 2.75) is 24.5 Å². The fourth-order valence-corrected chi connectivity index (χ4v) is 2.54. The molecule has 1 unspecified atom stereocenters.